The molecule has 0 unspecified atom stereocenters. The van der Waals surface area contributed by atoms with Gasteiger partial charge in [0, 0.05) is 24.6 Å². The van der Waals surface area contributed by atoms with Crippen molar-refractivity contribution in [2.75, 3.05) is 0 Å². The molecule has 44 heavy (non-hydrogen) atoms. The Morgan fingerprint density at radius 2 is 0.977 bits per heavy atom. The Morgan fingerprint density at radius 1 is 0.545 bits per heavy atom. The fourth-order valence-corrected chi connectivity index (χ4v) is 5.19. The van der Waals surface area contributed by atoms with Crippen molar-refractivity contribution in [2.45, 2.75) is 0 Å². The molecular weight excluding hydrogens is 591 g/mol. The summed E-state index contributed by atoms with van der Waals surface area (Å²) >= 11 is 13.7. The largest absolute Gasteiger partial charge is 0.451 e. The molecule has 2 aliphatic heterocycles. The summed E-state index contributed by atoms with van der Waals surface area (Å²) < 4.78 is 12.4. The van der Waals surface area contributed by atoms with E-state index in [2.05, 4.69) is 9.98 Å². The normalized spacial score (nSPS) is 13.1. The summed E-state index contributed by atoms with van der Waals surface area (Å²) in [7, 11) is 0. The molecule has 0 N–H and O–H groups in total. The van der Waals surface area contributed by atoms with Crippen LogP contribution >= 0.6 is 23.2 Å². The first-order valence-corrected chi connectivity index (χ1v) is 14.5. The Balaban J connectivity index is 1.15. The number of hydrogen-bond donors (Lipinski definition) is 0. The number of rotatable bonds is 6. The van der Waals surface area contributed by atoms with Crippen LogP contribution in [0.25, 0.3) is 12.2 Å². The average Bonchev–Trinajstić information content (AvgIpc) is 3.07. The van der Waals surface area contributed by atoms with Crippen LogP contribution < -0.4 is 20.2 Å². The zero-order chi connectivity index (χ0) is 29.9. The van der Waals surface area contributed by atoms with E-state index >= 15 is 0 Å². The Kier molecular flexibility index (Phi) is 7.59. The van der Waals surface area contributed by atoms with Crippen molar-refractivity contribution in [1.29, 1.82) is 0 Å². The van der Waals surface area contributed by atoms with Gasteiger partial charge in [-0.05, 0) is 47.5 Å². The van der Waals surface area contributed by atoms with Crippen LogP contribution in [0.2, 0.25) is 10.0 Å². The van der Waals surface area contributed by atoms with Gasteiger partial charge in [0.15, 0.2) is 23.0 Å². The third-order valence-electron chi connectivity index (χ3n) is 6.82. The van der Waals surface area contributed by atoms with E-state index in [0.717, 1.165) is 11.1 Å². The number of aliphatic imine (C=N–C) groups is 2. The van der Waals surface area contributed by atoms with Gasteiger partial charge in [-0.2, -0.15) is 0 Å². The lowest BCUT2D eigenvalue weighted by atomic mass is 10.2. The van der Waals surface area contributed by atoms with Crippen molar-refractivity contribution in [3.05, 3.63) is 141 Å². The maximum absolute atomic E-state index is 6.83. The molecule has 2 aliphatic rings. The highest BCUT2D eigenvalue weighted by molar-refractivity contribution is 6.35. The number of hydrogen-bond acceptors (Lipinski definition) is 6. The molecule has 0 radical (unpaired) electrons. The summed E-state index contributed by atoms with van der Waals surface area (Å²) in [6.45, 7) is 0. The second-order valence-corrected chi connectivity index (χ2v) is 10.6. The molecule has 6 nitrogen and oxygen atoms in total. The molecule has 212 valence electrons. The van der Waals surface area contributed by atoms with Crippen LogP contribution in [0, 0.1) is 0 Å². The lowest BCUT2D eigenvalue weighted by Gasteiger charge is -2.21. The van der Waals surface area contributed by atoms with E-state index in [-0.39, 0.29) is 10.0 Å². The molecular formula is C36H22Cl2N4O2. The Bertz CT molecular complexity index is 1990. The molecule has 0 aliphatic carbocycles. The number of halogens is 2. The standard InChI is InChI=1S/C36H22Cl2N4O2/c37-31-34-36(44-30-22-26(16-18-28(30)42-34)40-20-8-14-24-11-5-2-6-12-24)32(38)33-35(31)43-29-21-25(15-17-27(29)41-33)39-19-7-13-23-9-3-1-4-10-23/h1-22H/b13-7+,14-8+,39-19?,40-20?. The Labute approximate surface area is 263 Å². The maximum atomic E-state index is 6.83. The van der Waals surface area contributed by atoms with Crippen LogP contribution in [-0.4, -0.2) is 12.4 Å². The van der Waals surface area contributed by atoms with E-state index in [1.165, 1.54) is 0 Å². The van der Waals surface area contributed by atoms with Crippen LogP contribution in [0.1, 0.15) is 11.1 Å². The molecule has 0 saturated carbocycles. The van der Waals surface area contributed by atoms with Crippen LogP contribution in [0.4, 0.5) is 22.7 Å². The van der Waals surface area contributed by atoms with Gasteiger partial charge >= 0.3 is 0 Å². The van der Waals surface area contributed by atoms with Crippen molar-refractivity contribution in [1.82, 2.24) is 0 Å². The van der Waals surface area contributed by atoms with Crippen LogP contribution in [0.15, 0.2) is 129 Å². The Hall–Kier alpha value is -5.30. The van der Waals surface area contributed by atoms with Gasteiger partial charge in [0.2, 0.25) is 0 Å². The van der Waals surface area contributed by atoms with Crippen molar-refractivity contribution in [3.63, 3.8) is 0 Å². The highest BCUT2D eigenvalue weighted by atomic mass is 35.5. The monoisotopic (exact) mass is 612 g/mol. The number of fused-ring (bicyclic) bond motifs is 4. The predicted molar refractivity (Wildman–Crippen MR) is 178 cm³/mol. The molecule has 0 aromatic heterocycles. The molecule has 0 saturated heterocycles. The van der Waals surface area contributed by atoms with Crippen molar-refractivity contribution >= 4 is 70.5 Å². The predicted octanol–water partition coefficient (Wildman–Crippen LogP) is 9.94. The number of nitrogens with zero attached hydrogens (tertiary/aromatic N) is 4. The third kappa shape index (κ3) is 5.69. The molecule has 5 aromatic rings. The highest BCUT2D eigenvalue weighted by Crippen LogP contribution is 2.44. The van der Waals surface area contributed by atoms with Crippen LogP contribution in [0.3, 0.4) is 0 Å². The number of ether oxygens (including phenoxy) is 2. The molecule has 0 amide bonds. The lowest BCUT2D eigenvalue weighted by Crippen LogP contribution is -2.22. The van der Waals surface area contributed by atoms with Gasteiger partial charge in [0.25, 0.3) is 0 Å². The number of benzene rings is 5. The molecule has 8 heteroatoms. The molecule has 0 spiro atoms. The Morgan fingerprint density at radius 3 is 1.41 bits per heavy atom. The first kappa shape index (κ1) is 27.5. The highest BCUT2D eigenvalue weighted by Gasteiger charge is 2.27. The van der Waals surface area contributed by atoms with Crippen molar-refractivity contribution in [2.24, 2.45) is 20.0 Å². The first-order valence-electron chi connectivity index (χ1n) is 13.8. The average molecular weight is 614 g/mol. The minimum atomic E-state index is 0.257. The van der Waals surface area contributed by atoms with Gasteiger partial charge in [-0.15, -0.1) is 0 Å². The second kappa shape index (κ2) is 12.1. The van der Waals surface area contributed by atoms with Crippen molar-refractivity contribution in [3.8, 4) is 23.0 Å². The summed E-state index contributed by atoms with van der Waals surface area (Å²) in [5.41, 5.74) is 4.80. The SMILES string of the molecule is Clc1c2c(c(Cl)c3c1=Nc1ccc(N=C/C=C/c4ccccc4)cc1O3)=Nc1ccc(N=C/C=C/c3ccccc3)cc1O2. The molecule has 0 fully saturated rings. The minimum Gasteiger partial charge on any atom is -0.451 e. The van der Waals surface area contributed by atoms with Crippen molar-refractivity contribution < 1.29 is 9.47 Å². The van der Waals surface area contributed by atoms with Gasteiger partial charge < -0.3 is 9.47 Å². The number of allylic oxidation sites excluding steroid dienone is 2. The molecule has 2 heterocycles. The van der Waals surface area contributed by atoms with Gasteiger partial charge in [0.05, 0.1) is 11.4 Å². The molecule has 0 atom stereocenters. The summed E-state index contributed by atoms with van der Waals surface area (Å²) in [4.78, 5) is 18.5. The van der Waals surface area contributed by atoms with Gasteiger partial charge in [0.1, 0.15) is 32.1 Å². The third-order valence-corrected chi connectivity index (χ3v) is 7.52. The van der Waals surface area contributed by atoms with E-state index in [9.17, 15) is 0 Å². The summed E-state index contributed by atoms with van der Waals surface area (Å²) in [6.07, 6.45) is 11.2. The molecule has 0 bridgehead atoms. The fourth-order valence-electron chi connectivity index (χ4n) is 4.68. The van der Waals surface area contributed by atoms with E-state index in [0.29, 0.717) is 56.5 Å². The quantitative estimate of drug-likeness (QED) is 0.175. The summed E-state index contributed by atoms with van der Waals surface area (Å²) in [5, 5.41) is 1.27. The van der Waals surface area contributed by atoms with E-state index in [1.54, 1.807) is 24.6 Å². The van der Waals surface area contributed by atoms with E-state index < -0.39 is 0 Å². The second-order valence-electron chi connectivity index (χ2n) is 9.81. The van der Waals surface area contributed by atoms with Gasteiger partial charge in [-0.1, -0.05) is 96.0 Å². The minimum absolute atomic E-state index is 0.257. The zero-order valence-corrected chi connectivity index (χ0v) is 24.6. The molecule has 5 aromatic carbocycles. The smallest absolute Gasteiger partial charge is 0.175 e. The van der Waals surface area contributed by atoms with Crippen LogP contribution in [-0.2, 0) is 0 Å². The van der Waals surface area contributed by atoms with E-state index in [4.69, 9.17) is 42.7 Å². The van der Waals surface area contributed by atoms with Crippen LogP contribution in [0.5, 0.6) is 23.0 Å². The summed E-state index contributed by atoms with van der Waals surface area (Å²) in [5.74, 6) is 1.65. The van der Waals surface area contributed by atoms with E-state index in [1.807, 2.05) is 109 Å². The summed E-state index contributed by atoms with van der Waals surface area (Å²) in [6, 6.07) is 31.0. The fraction of sp³-hybridized carbons (Fsp3) is 0. The molecule has 7 rings (SSSR count). The first-order chi connectivity index (χ1) is 21.6. The zero-order valence-electron chi connectivity index (χ0n) is 23.1. The van der Waals surface area contributed by atoms with Gasteiger partial charge in [-0.3, -0.25) is 9.98 Å². The maximum Gasteiger partial charge on any atom is 0.175 e. The topological polar surface area (TPSA) is 67.9 Å². The van der Waals surface area contributed by atoms with Gasteiger partial charge in [-0.25, -0.2) is 9.98 Å². The lowest BCUT2D eigenvalue weighted by molar-refractivity contribution is 0.451.